The minimum Gasteiger partial charge on any atom is -0.375 e. The third kappa shape index (κ3) is 3.65. The van der Waals surface area contributed by atoms with E-state index in [1.807, 2.05) is 0 Å². The Hall–Kier alpha value is -0.900. The second-order valence-corrected chi connectivity index (χ2v) is 6.85. The molecule has 0 bridgehead atoms. The van der Waals surface area contributed by atoms with Gasteiger partial charge in [-0.05, 0) is 45.7 Å². The summed E-state index contributed by atoms with van der Waals surface area (Å²) in [4.78, 5) is 2.44. The van der Waals surface area contributed by atoms with Crippen molar-refractivity contribution in [2.24, 2.45) is 5.73 Å². The molecule has 0 radical (unpaired) electrons. The second-order valence-electron chi connectivity index (χ2n) is 6.85. The predicted molar refractivity (Wildman–Crippen MR) is 88.3 cm³/mol. The highest BCUT2D eigenvalue weighted by Crippen LogP contribution is 2.37. The van der Waals surface area contributed by atoms with Crippen molar-refractivity contribution in [2.45, 2.75) is 57.7 Å². The first-order valence-electron chi connectivity index (χ1n) is 8.04. The van der Waals surface area contributed by atoms with Crippen molar-refractivity contribution in [3.8, 4) is 0 Å². The van der Waals surface area contributed by atoms with Crippen LogP contribution in [0.3, 0.4) is 0 Å². The zero-order valence-electron chi connectivity index (χ0n) is 14.0. The van der Waals surface area contributed by atoms with Crippen molar-refractivity contribution in [1.82, 2.24) is 4.90 Å². The van der Waals surface area contributed by atoms with Gasteiger partial charge in [-0.1, -0.05) is 36.8 Å². The minimum absolute atomic E-state index is 0.0425. The van der Waals surface area contributed by atoms with E-state index in [1.54, 1.807) is 0 Å². The Morgan fingerprint density at radius 2 is 1.95 bits per heavy atom. The number of likely N-dealkylation sites (N-methyl/N-ethyl adjacent to an activating group) is 1. The first-order valence-corrected chi connectivity index (χ1v) is 8.04. The molecular formula is C18H30N2O. The van der Waals surface area contributed by atoms with Crippen molar-refractivity contribution in [3.63, 3.8) is 0 Å². The summed E-state index contributed by atoms with van der Waals surface area (Å²) in [6, 6.07) is 8.79. The van der Waals surface area contributed by atoms with Gasteiger partial charge in [-0.15, -0.1) is 0 Å². The normalized spacial score (nSPS) is 29.8. The molecule has 1 aliphatic rings. The Morgan fingerprint density at radius 3 is 2.52 bits per heavy atom. The average molecular weight is 290 g/mol. The van der Waals surface area contributed by atoms with Crippen molar-refractivity contribution in [3.05, 3.63) is 35.4 Å². The van der Waals surface area contributed by atoms with Gasteiger partial charge in [0.15, 0.2) is 0 Å². The van der Waals surface area contributed by atoms with Crippen LogP contribution in [0.15, 0.2) is 24.3 Å². The maximum atomic E-state index is 6.20. The van der Waals surface area contributed by atoms with Crippen LogP contribution in [-0.2, 0) is 11.3 Å². The van der Waals surface area contributed by atoms with Crippen molar-refractivity contribution < 1.29 is 4.74 Å². The zero-order valence-corrected chi connectivity index (χ0v) is 14.0. The number of nitrogens with zero attached hydrogens (tertiary/aromatic N) is 1. The number of nitrogens with two attached hydrogens (primary N) is 1. The number of rotatable bonds is 5. The molecule has 0 saturated carbocycles. The third-order valence-corrected chi connectivity index (χ3v) is 5.20. The molecule has 3 nitrogen and oxygen atoms in total. The Labute approximate surface area is 129 Å². The van der Waals surface area contributed by atoms with E-state index in [2.05, 4.69) is 57.0 Å². The number of hydrogen-bond acceptors (Lipinski definition) is 3. The molecule has 1 heterocycles. The fourth-order valence-electron chi connectivity index (χ4n) is 3.34. The van der Waals surface area contributed by atoms with Gasteiger partial charge >= 0.3 is 0 Å². The van der Waals surface area contributed by atoms with Gasteiger partial charge in [0, 0.05) is 25.2 Å². The number of aryl methyl sites for hydroxylation is 1. The summed E-state index contributed by atoms with van der Waals surface area (Å²) < 4.78 is 6.01. The van der Waals surface area contributed by atoms with E-state index < -0.39 is 0 Å². The van der Waals surface area contributed by atoms with Gasteiger partial charge < -0.3 is 10.5 Å². The molecule has 1 aromatic rings. The highest BCUT2D eigenvalue weighted by atomic mass is 16.5. The van der Waals surface area contributed by atoms with Gasteiger partial charge in [0.25, 0.3) is 0 Å². The molecule has 2 unspecified atom stereocenters. The Kier molecular flexibility index (Phi) is 5.07. The van der Waals surface area contributed by atoms with Gasteiger partial charge in [-0.25, -0.2) is 0 Å². The molecule has 2 atom stereocenters. The molecule has 118 valence electrons. The molecule has 0 aliphatic carbocycles. The van der Waals surface area contributed by atoms with E-state index >= 15 is 0 Å². The monoisotopic (exact) mass is 290 g/mol. The standard InChI is InChI=1S/C18H30N2O/c1-5-17(3)13-18(14-19,10-11-21-17)20(4)12-16-8-6-15(2)7-9-16/h6-9H,5,10-14,19H2,1-4H3. The van der Waals surface area contributed by atoms with Gasteiger partial charge in [0.1, 0.15) is 0 Å². The smallest absolute Gasteiger partial charge is 0.0670 e. The van der Waals surface area contributed by atoms with Crippen LogP contribution in [0.5, 0.6) is 0 Å². The largest absolute Gasteiger partial charge is 0.375 e. The maximum absolute atomic E-state index is 6.20. The molecular weight excluding hydrogens is 260 g/mol. The van der Waals surface area contributed by atoms with Gasteiger partial charge in [0.2, 0.25) is 0 Å². The van der Waals surface area contributed by atoms with Crippen LogP contribution in [0.1, 0.15) is 44.2 Å². The Morgan fingerprint density at radius 1 is 1.29 bits per heavy atom. The summed E-state index contributed by atoms with van der Waals surface area (Å²) in [5, 5.41) is 0. The summed E-state index contributed by atoms with van der Waals surface area (Å²) in [5.74, 6) is 0. The van der Waals surface area contributed by atoms with Gasteiger partial charge in [-0.2, -0.15) is 0 Å². The fraction of sp³-hybridized carbons (Fsp3) is 0.667. The van der Waals surface area contributed by atoms with E-state index in [-0.39, 0.29) is 11.1 Å². The summed E-state index contributed by atoms with van der Waals surface area (Å²) in [5.41, 5.74) is 8.86. The maximum Gasteiger partial charge on any atom is 0.0670 e. The van der Waals surface area contributed by atoms with Gasteiger partial charge in [-0.3, -0.25) is 4.90 Å². The van der Waals surface area contributed by atoms with E-state index in [9.17, 15) is 0 Å². The lowest BCUT2D eigenvalue weighted by atomic mass is 9.78. The third-order valence-electron chi connectivity index (χ3n) is 5.20. The van der Waals surface area contributed by atoms with E-state index in [0.29, 0.717) is 6.54 Å². The van der Waals surface area contributed by atoms with Crippen LogP contribution in [-0.4, -0.2) is 36.2 Å². The minimum atomic E-state index is -0.0425. The molecule has 1 aromatic carbocycles. The van der Waals surface area contributed by atoms with E-state index in [0.717, 1.165) is 32.4 Å². The number of hydrogen-bond donors (Lipinski definition) is 1. The van der Waals surface area contributed by atoms with Crippen LogP contribution >= 0.6 is 0 Å². The van der Waals surface area contributed by atoms with Crippen LogP contribution in [0.4, 0.5) is 0 Å². The Bertz CT molecular complexity index is 459. The molecule has 0 amide bonds. The summed E-state index contributed by atoms with van der Waals surface area (Å²) in [6.45, 7) is 8.98. The van der Waals surface area contributed by atoms with Gasteiger partial charge in [0.05, 0.1) is 5.60 Å². The molecule has 2 N–H and O–H groups in total. The second kappa shape index (κ2) is 6.47. The van der Waals surface area contributed by atoms with Crippen molar-refractivity contribution >= 4 is 0 Å². The van der Waals surface area contributed by atoms with Crippen LogP contribution in [0.2, 0.25) is 0 Å². The molecule has 1 aliphatic heterocycles. The molecule has 21 heavy (non-hydrogen) atoms. The first-order chi connectivity index (χ1) is 9.93. The average Bonchev–Trinajstić information content (AvgIpc) is 2.49. The lowest BCUT2D eigenvalue weighted by molar-refractivity contribution is -0.126. The number of ether oxygens (including phenoxy) is 1. The molecule has 1 saturated heterocycles. The van der Waals surface area contributed by atoms with E-state index in [1.165, 1.54) is 11.1 Å². The summed E-state index contributed by atoms with van der Waals surface area (Å²) in [6.07, 6.45) is 3.06. The quantitative estimate of drug-likeness (QED) is 0.905. The van der Waals surface area contributed by atoms with Crippen molar-refractivity contribution in [2.75, 3.05) is 20.2 Å². The predicted octanol–water partition coefficient (Wildman–Crippen LogP) is 3.10. The van der Waals surface area contributed by atoms with Crippen molar-refractivity contribution in [1.29, 1.82) is 0 Å². The van der Waals surface area contributed by atoms with Crippen LogP contribution < -0.4 is 5.73 Å². The zero-order chi connectivity index (χ0) is 15.5. The lowest BCUT2D eigenvalue weighted by Gasteiger charge is -2.50. The molecule has 0 spiro atoms. The highest BCUT2D eigenvalue weighted by Gasteiger charge is 2.43. The molecule has 2 rings (SSSR count). The summed E-state index contributed by atoms with van der Waals surface area (Å²) in [7, 11) is 2.20. The van der Waals surface area contributed by atoms with Crippen LogP contribution in [0.25, 0.3) is 0 Å². The lowest BCUT2D eigenvalue weighted by Crippen LogP contribution is -2.59. The topological polar surface area (TPSA) is 38.5 Å². The first kappa shape index (κ1) is 16.5. The SMILES string of the molecule is CCC1(C)CC(CN)(N(C)Cc2ccc(C)cc2)CCO1. The molecule has 3 heteroatoms. The molecule has 1 fully saturated rings. The summed E-state index contributed by atoms with van der Waals surface area (Å²) >= 11 is 0. The van der Waals surface area contributed by atoms with Crippen LogP contribution in [0, 0.1) is 6.92 Å². The highest BCUT2D eigenvalue weighted by molar-refractivity contribution is 5.21. The number of benzene rings is 1. The Balaban J connectivity index is 2.13. The van der Waals surface area contributed by atoms with E-state index in [4.69, 9.17) is 10.5 Å². The fourth-order valence-corrected chi connectivity index (χ4v) is 3.34. The molecule has 0 aromatic heterocycles.